The highest BCUT2D eigenvalue weighted by molar-refractivity contribution is 9.10. The predicted molar refractivity (Wildman–Crippen MR) is 85.5 cm³/mol. The molecule has 0 N–H and O–H groups in total. The van der Waals surface area contributed by atoms with Gasteiger partial charge in [0, 0.05) is 17.6 Å². The zero-order valence-electron chi connectivity index (χ0n) is 11.6. The SMILES string of the molecule is CC1CCCCC1N(C)S(=O)(=O)c1ccc(Cl)c(Br)c1. The summed E-state index contributed by atoms with van der Waals surface area (Å²) < 4.78 is 27.5. The molecular formula is C14H19BrClNO2S. The van der Waals surface area contributed by atoms with Gasteiger partial charge in [0.2, 0.25) is 10.0 Å². The third-order valence-electron chi connectivity index (χ3n) is 4.10. The van der Waals surface area contributed by atoms with Crippen molar-refractivity contribution in [3.63, 3.8) is 0 Å². The van der Waals surface area contributed by atoms with Crippen LogP contribution < -0.4 is 0 Å². The van der Waals surface area contributed by atoms with Crippen molar-refractivity contribution in [2.75, 3.05) is 7.05 Å². The summed E-state index contributed by atoms with van der Waals surface area (Å²) >= 11 is 9.21. The van der Waals surface area contributed by atoms with Gasteiger partial charge in [0.15, 0.2) is 0 Å². The minimum atomic E-state index is -3.47. The highest BCUT2D eigenvalue weighted by Gasteiger charge is 2.33. The van der Waals surface area contributed by atoms with Gasteiger partial charge in [-0.2, -0.15) is 4.31 Å². The zero-order chi connectivity index (χ0) is 14.9. The zero-order valence-corrected chi connectivity index (χ0v) is 14.8. The van der Waals surface area contributed by atoms with Gasteiger partial charge >= 0.3 is 0 Å². The third-order valence-corrected chi connectivity index (χ3v) is 7.19. The lowest BCUT2D eigenvalue weighted by molar-refractivity contribution is 0.213. The molecule has 2 unspecified atom stereocenters. The number of benzene rings is 1. The minimum Gasteiger partial charge on any atom is -0.207 e. The maximum Gasteiger partial charge on any atom is 0.243 e. The number of rotatable bonds is 3. The van der Waals surface area contributed by atoms with Crippen molar-refractivity contribution in [3.05, 3.63) is 27.7 Å². The molecule has 0 aliphatic heterocycles. The van der Waals surface area contributed by atoms with Crippen molar-refractivity contribution >= 4 is 37.6 Å². The molecular weight excluding hydrogens is 362 g/mol. The molecule has 0 amide bonds. The van der Waals surface area contributed by atoms with Gasteiger partial charge in [-0.25, -0.2) is 8.42 Å². The third kappa shape index (κ3) is 3.21. The van der Waals surface area contributed by atoms with Gasteiger partial charge in [-0.1, -0.05) is 31.4 Å². The summed E-state index contributed by atoms with van der Waals surface area (Å²) in [4.78, 5) is 0.286. The highest BCUT2D eigenvalue weighted by atomic mass is 79.9. The molecule has 6 heteroatoms. The van der Waals surface area contributed by atoms with E-state index in [4.69, 9.17) is 11.6 Å². The fraction of sp³-hybridized carbons (Fsp3) is 0.571. The smallest absolute Gasteiger partial charge is 0.207 e. The first-order valence-corrected chi connectivity index (χ1v) is 9.38. The summed E-state index contributed by atoms with van der Waals surface area (Å²) in [5.74, 6) is 0.402. The Kier molecular flexibility index (Phi) is 5.16. The van der Waals surface area contributed by atoms with Crippen LogP contribution in [-0.4, -0.2) is 25.8 Å². The van der Waals surface area contributed by atoms with Crippen LogP contribution in [0.1, 0.15) is 32.6 Å². The topological polar surface area (TPSA) is 37.4 Å². The summed E-state index contributed by atoms with van der Waals surface area (Å²) in [6, 6.07) is 4.83. The molecule has 1 aromatic carbocycles. The normalized spacial score (nSPS) is 24.1. The molecule has 0 saturated heterocycles. The van der Waals surface area contributed by atoms with Crippen LogP contribution in [0.5, 0.6) is 0 Å². The molecule has 2 rings (SSSR count). The Morgan fingerprint density at radius 3 is 2.55 bits per heavy atom. The van der Waals surface area contributed by atoms with E-state index in [2.05, 4.69) is 22.9 Å². The first kappa shape index (κ1) is 16.3. The first-order chi connectivity index (χ1) is 9.34. The fourth-order valence-electron chi connectivity index (χ4n) is 2.82. The van der Waals surface area contributed by atoms with E-state index >= 15 is 0 Å². The van der Waals surface area contributed by atoms with Crippen molar-refractivity contribution in [2.24, 2.45) is 5.92 Å². The Morgan fingerprint density at radius 1 is 1.30 bits per heavy atom. The summed E-state index contributed by atoms with van der Waals surface area (Å²) in [5, 5.41) is 0.512. The molecule has 0 spiro atoms. The molecule has 1 aromatic rings. The van der Waals surface area contributed by atoms with Crippen molar-refractivity contribution in [1.82, 2.24) is 4.31 Å². The highest BCUT2D eigenvalue weighted by Crippen LogP contribution is 2.32. The van der Waals surface area contributed by atoms with Crippen LogP contribution in [0.15, 0.2) is 27.6 Å². The van der Waals surface area contributed by atoms with Crippen LogP contribution in [0.4, 0.5) is 0 Å². The van der Waals surface area contributed by atoms with Gasteiger partial charge in [-0.15, -0.1) is 0 Å². The standard InChI is InChI=1S/C14H19BrClNO2S/c1-10-5-3-4-6-14(10)17(2)20(18,19)11-7-8-13(16)12(15)9-11/h7-10,14H,3-6H2,1-2H3. The van der Waals surface area contributed by atoms with E-state index in [1.807, 2.05) is 0 Å². The molecule has 0 aromatic heterocycles. The van der Waals surface area contributed by atoms with E-state index in [9.17, 15) is 8.42 Å². The number of sulfonamides is 1. The Morgan fingerprint density at radius 2 is 1.95 bits per heavy atom. The van der Waals surface area contributed by atoms with E-state index in [-0.39, 0.29) is 10.9 Å². The summed E-state index contributed by atoms with van der Waals surface area (Å²) in [7, 11) is -1.78. The van der Waals surface area contributed by atoms with E-state index in [0.717, 1.165) is 19.3 Å². The van der Waals surface area contributed by atoms with E-state index in [1.165, 1.54) is 10.7 Å². The molecule has 1 fully saturated rings. The van der Waals surface area contributed by atoms with Crippen molar-refractivity contribution in [1.29, 1.82) is 0 Å². The molecule has 2 atom stereocenters. The van der Waals surface area contributed by atoms with Crippen LogP contribution in [0.3, 0.4) is 0 Å². The van der Waals surface area contributed by atoms with Gasteiger partial charge in [0.05, 0.1) is 9.92 Å². The van der Waals surface area contributed by atoms with Crippen LogP contribution >= 0.6 is 27.5 Å². The number of nitrogens with zero attached hydrogens (tertiary/aromatic N) is 1. The van der Waals surface area contributed by atoms with Gasteiger partial charge in [-0.3, -0.25) is 0 Å². The average Bonchev–Trinajstić information content (AvgIpc) is 2.41. The number of hydrogen-bond acceptors (Lipinski definition) is 2. The molecule has 112 valence electrons. The largest absolute Gasteiger partial charge is 0.243 e. The van der Waals surface area contributed by atoms with Crippen molar-refractivity contribution in [3.8, 4) is 0 Å². The average molecular weight is 381 g/mol. The Labute approximate surface area is 134 Å². The Hall–Kier alpha value is -0.100. The quantitative estimate of drug-likeness (QED) is 0.784. The van der Waals surface area contributed by atoms with Gasteiger partial charge in [0.25, 0.3) is 0 Å². The summed E-state index contributed by atoms with van der Waals surface area (Å²) in [5.41, 5.74) is 0. The van der Waals surface area contributed by atoms with Crippen LogP contribution in [0, 0.1) is 5.92 Å². The van der Waals surface area contributed by atoms with Crippen molar-refractivity contribution in [2.45, 2.75) is 43.5 Å². The molecule has 0 bridgehead atoms. The summed E-state index contributed by atoms with van der Waals surface area (Å²) in [6.45, 7) is 2.13. The van der Waals surface area contributed by atoms with Gasteiger partial charge in [-0.05, 0) is 52.9 Å². The molecule has 20 heavy (non-hydrogen) atoms. The lowest BCUT2D eigenvalue weighted by atomic mass is 9.86. The molecule has 0 heterocycles. The second kappa shape index (κ2) is 6.34. The van der Waals surface area contributed by atoms with Gasteiger partial charge in [0.1, 0.15) is 0 Å². The molecule has 0 radical (unpaired) electrons. The molecule has 3 nitrogen and oxygen atoms in total. The Balaban J connectivity index is 2.31. The minimum absolute atomic E-state index is 0.0863. The lowest BCUT2D eigenvalue weighted by Crippen LogP contribution is -2.42. The van der Waals surface area contributed by atoms with Gasteiger partial charge < -0.3 is 0 Å². The lowest BCUT2D eigenvalue weighted by Gasteiger charge is -2.35. The fourth-order valence-corrected chi connectivity index (χ4v) is 4.98. The predicted octanol–water partition coefficient (Wildman–Crippen LogP) is 4.30. The molecule has 1 saturated carbocycles. The van der Waals surface area contributed by atoms with E-state index < -0.39 is 10.0 Å². The van der Waals surface area contributed by atoms with Crippen LogP contribution in [-0.2, 0) is 10.0 Å². The molecule has 1 aliphatic rings. The second-order valence-corrected chi connectivity index (χ2v) is 8.69. The van der Waals surface area contributed by atoms with Crippen LogP contribution in [0.25, 0.3) is 0 Å². The monoisotopic (exact) mass is 379 g/mol. The number of halogens is 2. The number of hydrogen-bond donors (Lipinski definition) is 0. The molecule has 1 aliphatic carbocycles. The maximum atomic E-state index is 12.7. The first-order valence-electron chi connectivity index (χ1n) is 6.77. The second-order valence-electron chi connectivity index (χ2n) is 5.43. The Bertz CT molecular complexity index is 591. The van der Waals surface area contributed by atoms with E-state index in [1.54, 1.807) is 25.2 Å². The maximum absolute atomic E-state index is 12.7. The van der Waals surface area contributed by atoms with E-state index in [0.29, 0.717) is 15.4 Å². The van der Waals surface area contributed by atoms with Crippen LogP contribution in [0.2, 0.25) is 5.02 Å². The van der Waals surface area contributed by atoms with Crippen molar-refractivity contribution < 1.29 is 8.42 Å². The summed E-state index contributed by atoms with van der Waals surface area (Å²) in [6.07, 6.45) is 4.32.